The number of thioether (sulfide) groups is 1. The van der Waals surface area contributed by atoms with Gasteiger partial charge in [0.15, 0.2) is 0 Å². The number of fused-ring (bicyclic) bond motifs is 1. The lowest BCUT2D eigenvalue weighted by molar-refractivity contribution is -0.119. The Morgan fingerprint density at radius 2 is 1.97 bits per heavy atom. The molecule has 2 amide bonds. The lowest BCUT2D eigenvalue weighted by Crippen LogP contribution is -2.26. The number of nitrogens with one attached hydrogen (secondary N) is 1. The van der Waals surface area contributed by atoms with Crippen molar-refractivity contribution in [2.75, 3.05) is 0 Å². The zero-order valence-electron chi connectivity index (χ0n) is 19.4. The lowest BCUT2D eigenvalue weighted by Gasteiger charge is -2.29. The normalized spacial score (nSPS) is 22.9. The van der Waals surface area contributed by atoms with Crippen LogP contribution in [-0.2, 0) is 22.6 Å². The molecule has 2 heterocycles. The van der Waals surface area contributed by atoms with E-state index in [9.17, 15) is 9.59 Å². The van der Waals surface area contributed by atoms with Gasteiger partial charge in [-0.2, -0.15) is 0 Å². The van der Waals surface area contributed by atoms with Crippen LogP contribution in [0.4, 0.5) is 4.79 Å². The average Bonchev–Trinajstić information content (AvgIpc) is 3.43. The van der Waals surface area contributed by atoms with E-state index in [1.807, 2.05) is 12.1 Å². The van der Waals surface area contributed by atoms with Gasteiger partial charge < -0.3 is 9.15 Å². The van der Waals surface area contributed by atoms with Crippen molar-refractivity contribution in [3.8, 4) is 11.5 Å². The van der Waals surface area contributed by atoms with Crippen molar-refractivity contribution < 1.29 is 18.7 Å². The number of amides is 2. The van der Waals surface area contributed by atoms with Crippen molar-refractivity contribution in [1.29, 1.82) is 0 Å². The molecular weight excluding hydrogens is 448 g/mol. The molecule has 0 bridgehead atoms. The number of aryl methyl sites for hydroxylation is 1. The van der Waals surface area contributed by atoms with Crippen LogP contribution in [0.25, 0.3) is 22.2 Å². The minimum Gasteiger partial charge on any atom is -0.441 e. The molecule has 2 aliphatic rings. The molecule has 1 saturated carbocycles. The highest BCUT2D eigenvalue weighted by molar-refractivity contribution is 8.15. The van der Waals surface area contributed by atoms with Crippen LogP contribution < -0.4 is 5.32 Å². The Labute approximate surface area is 203 Å². The molecule has 178 valence electrons. The number of hydrogen-bond acceptors (Lipinski definition) is 6. The highest BCUT2D eigenvalue weighted by atomic mass is 32.2. The molecule has 1 aromatic heterocycles. The number of aromatic nitrogens is 1. The van der Waals surface area contributed by atoms with Crippen LogP contribution in [0.3, 0.4) is 0 Å². The minimum atomic E-state index is -0.232. The molecule has 7 heteroatoms. The zero-order chi connectivity index (χ0) is 23.5. The fourth-order valence-electron chi connectivity index (χ4n) is 5.04. The molecule has 1 N–H and O–H groups in total. The van der Waals surface area contributed by atoms with Gasteiger partial charge in [-0.25, -0.2) is 4.98 Å². The summed E-state index contributed by atoms with van der Waals surface area (Å²) in [5, 5.41) is 4.29. The highest BCUT2D eigenvalue weighted by Crippen LogP contribution is 2.34. The van der Waals surface area contributed by atoms with E-state index in [0.717, 1.165) is 73.7 Å². The smallest absolute Gasteiger partial charge is 0.286 e. The summed E-state index contributed by atoms with van der Waals surface area (Å²) in [7, 11) is 0. The van der Waals surface area contributed by atoms with E-state index >= 15 is 0 Å². The Balaban J connectivity index is 1.19. The van der Waals surface area contributed by atoms with Crippen LogP contribution in [-0.4, -0.2) is 27.5 Å². The number of ether oxygens (including phenoxy) is 1. The van der Waals surface area contributed by atoms with Crippen molar-refractivity contribution in [1.82, 2.24) is 10.3 Å². The Bertz CT molecular complexity index is 1190. The third kappa shape index (κ3) is 5.20. The van der Waals surface area contributed by atoms with Crippen LogP contribution in [0.5, 0.6) is 0 Å². The van der Waals surface area contributed by atoms with E-state index in [1.165, 1.54) is 10.8 Å². The molecule has 3 aromatic rings. The van der Waals surface area contributed by atoms with Crippen LogP contribution in [0, 0.1) is 5.92 Å². The van der Waals surface area contributed by atoms with Gasteiger partial charge >= 0.3 is 0 Å². The molecular formula is C27H30N2O4S. The zero-order valence-corrected chi connectivity index (χ0v) is 20.2. The molecule has 2 aromatic carbocycles. The standard InChI is InChI=1S/C27H30N2O4S/c1-2-23-22(28-26(33-23)20-12-11-18-7-3-4-8-19(18)15-20)16-32-21-9-5-6-17(14-21)10-13-24-25(30)29-27(31)34-24/h3-4,7-8,11-12,15,17,21,24H,2,5-6,9-10,13-14,16H2,1H3,(H,29,30,31)/t17-,21-,24?/m0/s1. The van der Waals surface area contributed by atoms with Gasteiger partial charge in [0.05, 0.1) is 18.0 Å². The summed E-state index contributed by atoms with van der Waals surface area (Å²) in [6.07, 6.45) is 6.98. The van der Waals surface area contributed by atoms with Gasteiger partial charge in [0.2, 0.25) is 11.8 Å². The molecule has 0 radical (unpaired) electrons. The van der Waals surface area contributed by atoms with Gasteiger partial charge in [0.1, 0.15) is 11.5 Å². The Morgan fingerprint density at radius 3 is 2.76 bits per heavy atom. The second-order valence-electron chi connectivity index (χ2n) is 9.23. The fraction of sp³-hybridized carbons (Fsp3) is 0.444. The predicted molar refractivity (Wildman–Crippen MR) is 134 cm³/mol. The predicted octanol–water partition coefficient (Wildman–Crippen LogP) is 6.26. The molecule has 3 atom stereocenters. The maximum absolute atomic E-state index is 11.8. The molecule has 1 aliphatic carbocycles. The van der Waals surface area contributed by atoms with E-state index in [4.69, 9.17) is 14.1 Å². The monoisotopic (exact) mass is 478 g/mol. The molecule has 1 saturated heterocycles. The third-order valence-corrected chi connectivity index (χ3v) is 7.94. The SMILES string of the molecule is CCc1oc(-c2ccc3ccccc3c2)nc1CO[C@H]1CCC[C@@H](CCC2SC(=O)NC2=O)C1. The Kier molecular flexibility index (Phi) is 7.02. The van der Waals surface area contributed by atoms with E-state index in [2.05, 4.69) is 42.6 Å². The summed E-state index contributed by atoms with van der Waals surface area (Å²) < 4.78 is 12.4. The minimum absolute atomic E-state index is 0.140. The van der Waals surface area contributed by atoms with E-state index in [1.54, 1.807) is 0 Å². The Hall–Kier alpha value is -2.64. The number of hydrogen-bond donors (Lipinski definition) is 1. The Morgan fingerprint density at radius 1 is 1.12 bits per heavy atom. The fourth-order valence-corrected chi connectivity index (χ4v) is 5.88. The maximum Gasteiger partial charge on any atom is 0.286 e. The first kappa shape index (κ1) is 23.1. The third-order valence-electron chi connectivity index (χ3n) is 6.89. The molecule has 6 nitrogen and oxygen atoms in total. The van der Waals surface area contributed by atoms with Crippen molar-refractivity contribution >= 4 is 33.7 Å². The van der Waals surface area contributed by atoms with E-state index in [-0.39, 0.29) is 22.5 Å². The summed E-state index contributed by atoms with van der Waals surface area (Å²) in [4.78, 5) is 28.0. The van der Waals surface area contributed by atoms with E-state index < -0.39 is 0 Å². The average molecular weight is 479 g/mol. The second-order valence-corrected chi connectivity index (χ2v) is 10.4. The molecule has 5 rings (SSSR count). The largest absolute Gasteiger partial charge is 0.441 e. The maximum atomic E-state index is 11.8. The van der Waals surface area contributed by atoms with Gasteiger partial charge in [-0.15, -0.1) is 0 Å². The topological polar surface area (TPSA) is 81.4 Å². The first-order valence-electron chi connectivity index (χ1n) is 12.2. The van der Waals surface area contributed by atoms with Crippen LogP contribution in [0.2, 0.25) is 0 Å². The quantitative estimate of drug-likeness (QED) is 0.411. The molecule has 0 spiro atoms. The lowest BCUT2D eigenvalue weighted by atomic mass is 9.84. The van der Waals surface area contributed by atoms with Gasteiger partial charge in [0, 0.05) is 12.0 Å². The molecule has 34 heavy (non-hydrogen) atoms. The van der Waals surface area contributed by atoms with Gasteiger partial charge in [0.25, 0.3) is 5.24 Å². The highest BCUT2D eigenvalue weighted by Gasteiger charge is 2.32. The molecule has 1 unspecified atom stereocenters. The van der Waals surface area contributed by atoms with Crippen molar-refractivity contribution in [2.45, 2.75) is 69.8 Å². The van der Waals surface area contributed by atoms with Crippen LogP contribution in [0.15, 0.2) is 46.9 Å². The van der Waals surface area contributed by atoms with Crippen molar-refractivity contribution in [3.05, 3.63) is 53.9 Å². The number of oxazole rings is 1. The first-order valence-corrected chi connectivity index (χ1v) is 13.1. The van der Waals surface area contributed by atoms with Crippen molar-refractivity contribution in [2.24, 2.45) is 5.92 Å². The van der Waals surface area contributed by atoms with Crippen LogP contribution in [0.1, 0.15) is 56.9 Å². The summed E-state index contributed by atoms with van der Waals surface area (Å²) in [5.74, 6) is 1.91. The number of benzene rings is 2. The van der Waals surface area contributed by atoms with Crippen LogP contribution >= 0.6 is 11.8 Å². The van der Waals surface area contributed by atoms with Gasteiger partial charge in [-0.3, -0.25) is 14.9 Å². The number of carbonyl (C=O) groups excluding carboxylic acids is 2. The summed E-state index contributed by atoms with van der Waals surface area (Å²) in [6, 6.07) is 14.6. The molecule has 2 fully saturated rings. The summed E-state index contributed by atoms with van der Waals surface area (Å²) in [5.41, 5.74) is 1.86. The number of rotatable bonds is 8. The second kappa shape index (κ2) is 10.3. The number of carbonyl (C=O) groups is 2. The first-order chi connectivity index (χ1) is 16.6. The molecule has 1 aliphatic heterocycles. The number of imide groups is 1. The van der Waals surface area contributed by atoms with Gasteiger partial charge in [-0.1, -0.05) is 61.9 Å². The van der Waals surface area contributed by atoms with Gasteiger partial charge in [-0.05, 0) is 54.5 Å². The summed E-state index contributed by atoms with van der Waals surface area (Å²) in [6.45, 7) is 2.53. The van der Waals surface area contributed by atoms with E-state index in [0.29, 0.717) is 18.4 Å². The van der Waals surface area contributed by atoms with Crippen molar-refractivity contribution in [3.63, 3.8) is 0 Å². The number of nitrogens with zero attached hydrogens (tertiary/aromatic N) is 1. The summed E-state index contributed by atoms with van der Waals surface area (Å²) >= 11 is 1.13.